The van der Waals surface area contributed by atoms with E-state index in [1.54, 1.807) is 6.92 Å². The number of nitrogens with zero attached hydrogens (tertiary/aromatic N) is 8. The largest absolute Gasteiger partial charge is 0.490 e. The monoisotopic (exact) mass is 608 g/mol. The van der Waals surface area contributed by atoms with E-state index in [9.17, 15) is 35.9 Å². The van der Waals surface area contributed by atoms with E-state index >= 15 is 0 Å². The Bertz CT molecular complexity index is 1470. The van der Waals surface area contributed by atoms with E-state index in [0.717, 1.165) is 41.4 Å². The van der Waals surface area contributed by atoms with Crippen LogP contribution < -0.4 is 11.1 Å². The molecule has 3 aromatic rings. The molecule has 21 heteroatoms. The van der Waals surface area contributed by atoms with Gasteiger partial charge in [0.2, 0.25) is 11.8 Å². The molecule has 1 saturated carbocycles. The number of halogens is 6. The van der Waals surface area contributed by atoms with Gasteiger partial charge >= 0.3 is 24.3 Å². The lowest BCUT2D eigenvalue weighted by molar-refractivity contribution is -0.221. The minimum Gasteiger partial charge on any atom is -0.448 e. The molecule has 2 aliphatic rings. The van der Waals surface area contributed by atoms with E-state index in [0.29, 0.717) is 0 Å². The van der Waals surface area contributed by atoms with Crippen LogP contribution in [0.3, 0.4) is 0 Å². The molecule has 1 aliphatic carbocycles. The van der Waals surface area contributed by atoms with Crippen molar-refractivity contribution in [2.45, 2.75) is 82.1 Å². The Morgan fingerprint density at radius 2 is 1.71 bits per heavy atom. The van der Waals surface area contributed by atoms with Gasteiger partial charge in [0.05, 0.1) is 12.9 Å². The van der Waals surface area contributed by atoms with Gasteiger partial charge < -0.3 is 25.3 Å². The number of ether oxygens (including phenoxy) is 3. The molecule has 5 rings (SSSR count). The number of aryl methyl sites for hydroxylation is 1. The van der Waals surface area contributed by atoms with Crippen molar-refractivity contribution in [3.8, 4) is 0 Å². The zero-order valence-electron chi connectivity index (χ0n) is 21.5. The highest BCUT2D eigenvalue weighted by Crippen LogP contribution is 2.43. The Morgan fingerprint density at radius 1 is 1.07 bits per heavy atom. The van der Waals surface area contributed by atoms with Crippen molar-refractivity contribution < 1.29 is 50.1 Å². The van der Waals surface area contributed by atoms with Gasteiger partial charge in [-0.2, -0.15) is 41.1 Å². The topological polar surface area (TPSA) is 187 Å². The average molecular weight is 608 g/mol. The zero-order valence-corrected chi connectivity index (χ0v) is 21.5. The summed E-state index contributed by atoms with van der Waals surface area (Å²) in [6.07, 6.45) is -15.0. The normalized spacial score (nSPS) is 23.4. The number of anilines is 2. The smallest absolute Gasteiger partial charge is 0.448 e. The molecule has 4 atom stereocenters. The van der Waals surface area contributed by atoms with Crippen LogP contribution in [-0.2, 0) is 30.3 Å². The van der Waals surface area contributed by atoms with Crippen LogP contribution in [0.2, 0.25) is 0 Å². The van der Waals surface area contributed by atoms with Gasteiger partial charge in [0.1, 0.15) is 5.52 Å². The molecule has 0 spiro atoms. The summed E-state index contributed by atoms with van der Waals surface area (Å²) in [6.45, 7) is 1.74. The van der Waals surface area contributed by atoms with Crippen LogP contribution in [0, 0.1) is 0 Å². The Hall–Kier alpha value is -4.30. The van der Waals surface area contributed by atoms with Gasteiger partial charge in [-0.1, -0.05) is 12.8 Å². The van der Waals surface area contributed by atoms with E-state index in [1.807, 2.05) is 0 Å². The number of hydrogen-bond donors (Lipinski definition) is 2. The van der Waals surface area contributed by atoms with Crippen molar-refractivity contribution in [2.24, 2.45) is 0 Å². The molecule has 4 heterocycles. The molecule has 1 aliphatic heterocycles. The predicted octanol–water partition coefficient (Wildman–Crippen LogP) is 1.99. The van der Waals surface area contributed by atoms with E-state index in [4.69, 9.17) is 10.5 Å². The quantitative estimate of drug-likeness (QED) is 0.293. The van der Waals surface area contributed by atoms with E-state index in [-0.39, 0.29) is 35.5 Å². The zero-order chi connectivity index (χ0) is 30.4. The SMILES string of the molecule is CCn1nnc([C@H]2O[C@@H](n3cnc4c(N)nc(NC5CCCC5)nc43)[C@H](OC(=O)C(F)(F)F)[C@H]2OC(=O)C(F)(F)F)n1. The number of carbonyl (C=O) groups excluding carboxylic acids is 2. The Morgan fingerprint density at radius 3 is 2.31 bits per heavy atom. The number of nitrogen functional groups attached to an aromatic ring is 1. The number of nitrogens with one attached hydrogen (secondary N) is 1. The van der Waals surface area contributed by atoms with Crippen LogP contribution in [0.4, 0.5) is 38.1 Å². The first-order chi connectivity index (χ1) is 19.8. The lowest BCUT2D eigenvalue weighted by Gasteiger charge is -2.25. The Kier molecular flexibility index (Phi) is 7.53. The molecule has 42 heavy (non-hydrogen) atoms. The third-order valence-corrected chi connectivity index (χ3v) is 6.56. The highest BCUT2D eigenvalue weighted by atomic mass is 19.4. The third-order valence-electron chi connectivity index (χ3n) is 6.56. The van der Waals surface area contributed by atoms with Gasteiger partial charge in [-0.3, -0.25) is 4.57 Å². The van der Waals surface area contributed by atoms with Crippen molar-refractivity contribution in [2.75, 3.05) is 11.1 Å². The molecule has 15 nitrogen and oxygen atoms in total. The molecule has 0 unspecified atom stereocenters. The number of tetrazole rings is 1. The van der Waals surface area contributed by atoms with Gasteiger partial charge in [-0.05, 0) is 25.0 Å². The van der Waals surface area contributed by atoms with E-state index in [2.05, 4.69) is 45.2 Å². The van der Waals surface area contributed by atoms with Crippen molar-refractivity contribution in [3.05, 3.63) is 12.2 Å². The molecule has 3 aromatic heterocycles. The van der Waals surface area contributed by atoms with Crippen molar-refractivity contribution >= 4 is 34.9 Å². The molecule has 2 fully saturated rings. The second-order valence-electron chi connectivity index (χ2n) is 9.40. The van der Waals surface area contributed by atoms with E-state index < -0.39 is 54.7 Å². The molecule has 1 saturated heterocycles. The highest BCUT2D eigenvalue weighted by molar-refractivity contribution is 5.83. The van der Waals surface area contributed by atoms with Crippen LogP contribution >= 0.6 is 0 Å². The summed E-state index contributed by atoms with van der Waals surface area (Å²) in [4.78, 5) is 37.3. The van der Waals surface area contributed by atoms with Gasteiger partial charge in [-0.15, -0.1) is 10.2 Å². The number of rotatable bonds is 7. The number of alkyl halides is 6. The summed E-state index contributed by atoms with van der Waals surface area (Å²) in [5.74, 6) is -6.13. The number of carbonyl (C=O) groups is 2. The molecule has 3 N–H and O–H groups in total. The molecule has 0 bridgehead atoms. The standard InChI is InChI=1S/C21H22F6N10O5/c1-2-37-34-14(33-35-37)11-10(41-17(38)20(22,23)24)12(42-18(39)21(25,26)27)16(40-11)36-7-29-9-13(28)31-19(32-15(9)36)30-8-5-3-4-6-8/h7-8,10-12,16H,2-6H2,1H3,(H3,28,30,31,32)/t10-,11-,12+,16+/m0/s1. The van der Waals surface area contributed by atoms with E-state index in [1.165, 1.54) is 0 Å². The van der Waals surface area contributed by atoms with Gasteiger partial charge in [0, 0.05) is 6.04 Å². The third kappa shape index (κ3) is 5.72. The minimum absolute atomic E-state index is 0.0178. The number of nitrogens with two attached hydrogens (primary N) is 1. The second kappa shape index (κ2) is 10.8. The Labute approximate surface area is 230 Å². The first-order valence-electron chi connectivity index (χ1n) is 12.5. The molecular weight excluding hydrogens is 586 g/mol. The summed E-state index contributed by atoms with van der Waals surface area (Å²) >= 11 is 0. The molecular formula is C21H22F6N10O5. The summed E-state index contributed by atoms with van der Waals surface area (Å²) in [6, 6.07) is 0.0178. The summed E-state index contributed by atoms with van der Waals surface area (Å²) in [5, 5.41) is 14.3. The average Bonchev–Trinajstić information content (AvgIpc) is 3.70. The fourth-order valence-corrected chi connectivity index (χ4v) is 4.65. The maximum Gasteiger partial charge on any atom is 0.490 e. The number of aromatic nitrogens is 8. The number of esters is 2. The van der Waals surface area contributed by atoms with Crippen molar-refractivity contribution in [1.82, 2.24) is 39.7 Å². The maximum atomic E-state index is 13.3. The molecule has 0 radical (unpaired) electrons. The van der Waals surface area contributed by atoms with Crippen LogP contribution in [0.1, 0.15) is 50.8 Å². The molecule has 0 amide bonds. The van der Waals surface area contributed by atoms with Crippen LogP contribution in [0.5, 0.6) is 0 Å². The van der Waals surface area contributed by atoms with Crippen molar-refractivity contribution in [3.63, 3.8) is 0 Å². The first-order valence-corrected chi connectivity index (χ1v) is 12.5. The fourth-order valence-electron chi connectivity index (χ4n) is 4.65. The van der Waals surface area contributed by atoms with Gasteiger partial charge in [0.15, 0.2) is 36.0 Å². The molecule has 0 aromatic carbocycles. The first kappa shape index (κ1) is 29.2. The summed E-state index contributed by atoms with van der Waals surface area (Å²) in [7, 11) is 0. The number of imidazole rings is 1. The van der Waals surface area contributed by atoms with Gasteiger partial charge in [-0.25, -0.2) is 14.6 Å². The second-order valence-corrected chi connectivity index (χ2v) is 9.40. The van der Waals surface area contributed by atoms with Crippen LogP contribution in [-0.4, -0.2) is 82.3 Å². The Balaban J connectivity index is 1.60. The van der Waals surface area contributed by atoms with Crippen molar-refractivity contribution in [1.29, 1.82) is 0 Å². The van der Waals surface area contributed by atoms with Crippen LogP contribution in [0.25, 0.3) is 11.2 Å². The lowest BCUT2D eigenvalue weighted by atomic mass is 10.1. The van der Waals surface area contributed by atoms with Crippen LogP contribution in [0.15, 0.2) is 6.33 Å². The summed E-state index contributed by atoms with van der Waals surface area (Å²) in [5.41, 5.74) is 5.85. The number of hydrogen-bond acceptors (Lipinski definition) is 13. The number of fused-ring (bicyclic) bond motifs is 1. The fraction of sp³-hybridized carbons (Fsp3) is 0.619. The highest BCUT2D eigenvalue weighted by Gasteiger charge is 2.57. The predicted molar refractivity (Wildman–Crippen MR) is 124 cm³/mol. The maximum absolute atomic E-state index is 13.3. The minimum atomic E-state index is -5.58. The lowest BCUT2D eigenvalue weighted by Crippen LogP contribution is -2.42. The summed E-state index contributed by atoms with van der Waals surface area (Å²) < 4.78 is 95.3. The van der Waals surface area contributed by atoms with Gasteiger partial charge in [0.25, 0.3) is 0 Å². The molecule has 228 valence electrons.